The summed E-state index contributed by atoms with van der Waals surface area (Å²) in [5.74, 6) is 0.460. The first-order valence-corrected chi connectivity index (χ1v) is 10.2. The summed E-state index contributed by atoms with van der Waals surface area (Å²) in [7, 11) is 6.70. The third kappa shape index (κ3) is 4.86. The lowest BCUT2D eigenvalue weighted by molar-refractivity contribution is 0.330. The zero-order valence-electron chi connectivity index (χ0n) is 15.0. The quantitative estimate of drug-likeness (QED) is 0.379. The molecule has 0 radical (unpaired) electrons. The van der Waals surface area contributed by atoms with Crippen LogP contribution < -0.4 is 4.74 Å². The van der Waals surface area contributed by atoms with Gasteiger partial charge in [-0.3, -0.25) is 4.55 Å². The van der Waals surface area contributed by atoms with E-state index in [1.165, 1.54) is 27.8 Å². The van der Waals surface area contributed by atoms with Crippen molar-refractivity contribution < 1.29 is 17.7 Å². The Morgan fingerprint density at radius 2 is 1.09 bits per heavy atom. The van der Waals surface area contributed by atoms with E-state index in [1.54, 1.807) is 0 Å². The highest BCUT2D eigenvalue weighted by Gasteiger charge is 2.20. The molecule has 0 atom stereocenters. The number of benzene rings is 1. The van der Waals surface area contributed by atoms with E-state index in [1.807, 2.05) is 0 Å². The Labute approximate surface area is 144 Å². The summed E-state index contributed by atoms with van der Waals surface area (Å²) in [6.45, 7) is -0.0172. The Balaban J connectivity index is 3.46. The van der Waals surface area contributed by atoms with Gasteiger partial charge in [-0.05, 0) is 22.3 Å². The first kappa shape index (κ1) is 20.3. The molecule has 0 saturated heterocycles. The minimum atomic E-state index is -4.00. The molecule has 0 aliphatic carbocycles. The van der Waals surface area contributed by atoms with Crippen LogP contribution in [0.1, 0.15) is 27.8 Å². The average Bonchev–Trinajstić information content (AvgIpc) is 2.51. The van der Waals surface area contributed by atoms with Crippen molar-refractivity contribution in [2.45, 2.75) is 31.6 Å². The van der Waals surface area contributed by atoms with E-state index in [9.17, 15) is 8.42 Å². The Kier molecular flexibility index (Phi) is 7.88. The van der Waals surface area contributed by atoms with Gasteiger partial charge in [0.1, 0.15) is 57.3 Å². The summed E-state index contributed by atoms with van der Waals surface area (Å²) in [6.07, 6.45) is 4.59. The van der Waals surface area contributed by atoms with E-state index in [0.717, 1.165) is 37.4 Å². The van der Waals surface area contributed by atoms with E-state index in [0.29, 0.717) is 0 Å². The van der Waals surface area contributed by atoms with Gasteiger partial charge in [0.15, 0.2) is 0 Å². The second kappa shape index (κ2) is 8.93. The maximum Gasteiger partial charge on any atom is 0.268 e. The monoisotopic (exact) mass is 332 g/mol. The van der Waals surface area contributed by atoms with Crippen LogP contribution in [0.3, 0.4) is 0 Å². The highest BCUT2D eigenvalue weighted by molar-refractivity contribution is 7.85. The number of rotatable bonds is 9. The standard InChI is InChI=1S/C13H25B5O4S/c14-3-8-9(4-15)11(6-17)13(12(7-18)10(8)5-16)22-1-2-23(19,20)21/h1-7,14-18H2,(H,19,20,21). The Morgan fingerprint density at radius 3 is 1.39 bits per heavy atom. The van der Waals surface area contributed by atoms with Crippen molar-refractivity contribution in [3.8, 4) is 5.75 Å². The number of hydrogen-bond acceptors (Lipinski definition) is 3. The normalized spacial score (nSPS) is 11.5. The Bertz CT molecular complexity index is 615. The van der Waals surface area contributed by atoms with Crippen LogP contribution in [-0.2, 0) is 41.7 Å². The summed E-state index contributed by atoms with van der Waals surface area (Å²) < 4.78 is 36.7. The molecule has 1 N–H and O–H groups in total. The van der Waals surface area contributed by atoms with Crippen LogP contribution >= 0.6 is 0 Å². The van der Waals surface area contributed by atoms with Crippen LogP contribution in [-0.4, -0.2) is 64.6 Å². The van der Waals surface area contributed by atoms with Crippen molar-refractivity contribution in [2.75, 3.05) is 12.4 Å². The maximum absolute atomic E-state index is 11.0. The molecule has 0 saturated carbocycles. The van der Waals surface area contributed by atoms with Crippen molar-refractivity contribution >= 4 is 49.3 Å². The largest absolute Gasteiger partial charge is 0.492 e. The predicted octanol–water partition coefficient (Wildman–Crippen LogP) is -3.38. The molecule has 0 fully saturated rings. The summed E-state index contributed by atoms with van der Waals surface area (Å²) in [5.41, 5.74) is 6.48. The van der Waals surface area contributed by atoms with E-state index in [2.05, 4.69) is 39.2 Å². The molecule has 4 nitrogen and oxygen atoms in total. The van der Waals surface area contributed by atoms with Crippen molar-refractivity contribution in [1.29, 1.82) is 0 Å². The van der Waals surface area contributed by atoms with E-state index in [4.69, 9.17) is 9.29 Å². The molecule has 0 aliphatic heterocycles. The Hall–Kier alpha value is -0.745. The molecule has 1 aromatic rings. The molecule has 1 aromatic carbocycles. The first-order valence-electron chi connectivity index (χ1n) is 8.60. The lowest BCUT2D eigenvalue weighted by atomic mass is 9.72. The molecule has 23 heavy (non-hydrogen) atoms. The summed E-state index contributed by atoms with van der Waals surface area (Å²) in [5, 5.41) is 0. The van der Waals surface area contributed by atoms with Gasteiger partial charge in [0.2, 0.25) is 0 Å². The first-order chi connectivity index (χ1) is 10.8. The van der Waals surface area contributed by atoms with E-state index >= 15 is 0 Å². The summed E-state index contributed by atoms with van der Waals surface area (Å²) in [4.78, 5) is 0. The fourth-order valence-electron chi connectivity index (χ4n) is 3.45. The second-order valence-electron chi connectivity index (χ2n) is 5.62. The topological polar surface area (TPSA) is 63.6 Å². The van der Waals surface area contributed by atoms with Gasteiger partial charge in [-0.1, -0.05) is 37.2 Å². The van der Waals surface area contributed by atoms with Crippen LogP contribution in [0.25, 0.3) is 0 Å². The number of ether oxygens (including phenoxy) is 1. The fourth-order valence-corrected chi connectivity index (χ4v) is 3.75. The van der Waals surface area contributed by atoms with E-state index in [-0.39, 0.29) is 12.4 Å². The van der Waals surface area contributed by atoms with Gasteiger partial charge >= 0.3 is 0 Å². The van der Waals surface area contributed by atoms with Gasteiger partial charge in [-0.2, -0.15) is 8.42 Å². The Morgan fingerprint density at radius 1 is 0.739 bits per heavy atom. The van der Waals surface area contributed by atoms with Crippen molar-refractivity contribution in [3.63, 3.8) is 0 Å². The smallest absolute Gasteiger partial charge is 0.268 e. The van der Waals surface area contributed by atoms with Gasteiger partial charge in [-0.15, -0.1) is 0 Å². The summed E-state index contributed by atoms with van der Waals surface area (Å²) in [6, 6.07) is 0. The van der Waals surface area contributed by atoms with Crippen LogP contribution in [0.4, 0.5) is 0 Å². The average molecular weight is 331 g/mol. The highest BCUT2D eigenvalue weighted by atomic mass is 32.2. The van der Waals surface area contributed by atoms with Gasteiger partial charge in [-0.25, -0.2) is 0 Å². The lowest BCUT2D eigenvalue weighted by Gasteiger charge is -2.25. The highest BCUT2D eigenvalue weighted by Crippen LogP contribution is 2.35. The minimum Gasteiger partial charge on any atom is -0.492 e. The molecular weight excluding hydrogens is 306 g/mol. The molecule has 0 aliphatic rings. The SMILES string of the molecule is BCc1c(CB)c(CB)c(OCCS(=O)(=O)O)c(CB)c1CB. The van der Waals surface area contributed by atoms with Crippen molar-refractivity contribution in [3.05, 3.63) is 27.8 Å². The number of hydrogen-bond donors (Lipinski definition) is 1. The molecular formula is C13H25B5O4S. The third-order valence-electron chi connectivity index (χ3n) is 4.36. The minimum absolute atomic E-state index is 0.0172. The molecule has 0 unspecified atom stereocenters. The second-order valence-corrected chi connectivity index (χ2v) is 7.20. The molecule has 10 heteroatoms. The molecule has 0 aromatic heterocycles. The molecule has 0 heterocycles. The molecule has 0 spiro atoms. The predicted molar refractivity (Wildman–Crippen MR) is 110 cm³/mol. The van der Waals surface area contributed by atoms with Gasteiger partial charge in [0, 0.05) is 0 Å². The molecule has 0 bridgehead atoms. The molecule has 0 amide bonds. The van der Waals surface area contributed by atoms with Crippen LogP contribution in [0.5, 0.6) is 5.75 Å². The zero-order valence-corrected chi connectivity index (χ0v) is 15.8. The summed E-state index contributed by atoms with van der Waals surface area (Å²) >= 11 is 0. The van der Waals surface area contributed by atoms with Crippen molar-refractivity contribution in [2.24, 2.45) is 0 Å². The maximum atomic E-state index is 11.0. The zero-order chi connectivity index (χ0) is 17.6. The van der Waals surface area contributed by atoms with Crippen molar-refractivity contribution in [1.82, 2.24) is 0 Å². The fraction of sp³-hybridized carbons (Fsp3) is 0.538. The lowest BCUT2D eigenvalue weighted by Crippen LogP contribution is -2.18. The third-order valence-corrected chi connectivity index (χ3v) is 5.04. The van der Waals surface area contributed by atoms with Gasteiger partial charge in [0.05, 0.1) is 0 Å². The van der Waals surface area contributed by atoms with Gasteiger partial charge in [0.25, 0.3) is 10.1 Å². The molecule has 1 rings (SSSR count). The van der Waals surface area contributed by atoms with Gasteiger partial charge < -0.3 is 4.74 Å². The van der Waals surface area contributed by atoms with Crippen LogP contribution in [0.2, 0.25) is 0 Å². The van der Waals surface area contributed by atoms with Crippen LogP contribution in [0.15, 0.2) is 0 Å². The van der Waals surface area contributed by atoms with Crippen LogP contribution in [0, 0.1) is 0 Å². The molecule has 122 valence electrons. The van der Waals surface area contributed by atoms with E-state index < -0.39 is 10.1 Å².